The minimum Gasteiger partial charge on any atom is -0.489 e. The largest absolute Gasteiger partial charge is 0.489 e. The molecule has 174 valence electrons. The molecule has 2 atom stereocenters. The van der Waals surface area contributed by atoms with Gasteiger partial charge >= 0.3 is 6.18 Å². The van der Waals surface area contributed by atoms with Gasteiger partial charge in [0.2, 0.25) is 10.0 Å². The number of rotatable bonds is 8. The topological polar surface area (TPSA) is 96.5 Å². The highest BCUT2D eigenvalue weighted by molar-refractivity contribution is 7.89. The van der Waals surface area contributed by atoms with Crippen LogP contribution >= 0.6 is 0 Å². The van der Waals surface area contributed by atoms with Gasteiger partial charge in [-0.25, -0.2) is 13.1 Å². The van der Waals surface area contributed by atoms with Gasteiger partial charge in [-0.1, -0.05) is 6.07 Å². The first kappa shape index (κ1) is 24.0. The predicted octanol–water partition coefficient (Wildman–Crippen LogP) is 2.40. The average Bonchev–Trinajstić information content (AvgIpc) is 3.30. The molecule has 7 nitrogen and oxygen atoms in total. The fourth-order valence-electron chi connectivity index (χ4n) is 3.42. The molecule has 1 unspecified atom stereocenters. The lowest BCUT2D eigenvalue weighted by molar-refractivity contribution is -0.137. The van der Waals surface area contributed by atoms with E-state index < -0.39 is 33.8 Å². The quantitative estimate of drug-likeness (QED) is 0.550. The van der Waals surface area contributed by atoms with E-state index in [0.29, 0.717) is 6.54 Å². The number of ether oxygens (including phenoxy) is 1. The Balaban J connectivity index is 1.74. The Labute approximate surface area is 184 Å². The summed E-state index contributed by atoms with van der Waals surface area (Å²) in [6.07, 6.45) is -4.32. The molecule has 1 amide bonds. The number of benzene rings is 2. The van der Waals surface area contributed by atoms with Crippen molar-refractivity contribution in [2.75, 3.05) is 26.7 Å². The predicted molar refractivity (Wildman–Crippen MR) is 112 cm³/mol. The van der Waals surface area contributed by atoms with E-state index in [1.54, 1.807) is 0 Å². The Morgan fingerprint density at radius 1 is 1.22 bits per heavy atom. The molecule has 0 aromatic heterocycles. The molecule has 2 aromatic carbocycles. The summed E-state index contributed by atoms with van der Waals surface area (Å²) < 4.78 is 72.3. The van der Waals surface area contributed by atoms with Crippen molar-refractivity contribution in [1.82, 2.24) is 15.4 Å². The van der Waals surface area contributed by atoms with Gasteiger partial charge in [-0.15, -0.1) is 0 Å². The van der Waals surface area contributed by atoms with E-state index in [-0.39, 0.29) is 28.7 Å². The third-order valence-corrected chi connectivity index (χ3v) is 6.62. The SMILES string of the molecule is CNC(=O)c1cccc(S(=O)(=O)NC[C@@H](Oc2ccc(C(F)(F)F)cc2)C2CCNC2)c1. The van der Waals surface area contributed by atoms with Crippen LogP contribution in [0.2, 0.25) is 0 Å². The second-order valence-corrected chi connectivity index (χ2v) is 9.16. The molecule has 0 bridgehead atoms. The van der Waals surface area contributed by atoms with Crippen LogP contribution in [0.1, 0.15) is 22.3 Å². The monoisotopic (exact) mass is 471 g/mol. The number of sulfonamides is 1. The van der Waals surface area contributed by atoms with Crippen molar-refractivity contribution < 1.29 is 31.1 Å². The third kappa shape index (κ3) is 5.99. The van der Waals surface area contributed by atoms with Gasteiger partial charge in [-0.3, -0.25) is 4.79 Å². The molecule has 2 aromatic rings. The molecule has 3 N–H and O–H groups in total. The summed E-state index contributed by atoms with van der Waals surface area (Å²) >= 11 is 0. The van der Waals surface area contributed by atoms with Crippen LogP contribution in [-0.2, 0) is 16.2 Å². The Morgan fingerprint density at radius 3 is 2.53 bits per heavy atom. The number of hydrogen-bond donors (Lipinski definition) is 3. The highest BCUT2D eigenvalue weighted by atomic mass is 32.2. The average molecular weight is 472 g/mol. The van der Waals surface area contributed by atoms with Crippen molar-refractivity contribution in [3.8, 4) is 5.75 Å². The fourth-order valence-corrected chi connectivity index (χ4v) is 4.51. The van der Waals surface area contributed by atoms with Gasteiger partial charge in [-0.2, -0.15) is 13.2 Å². The minimum absolute atomic E-state index is 0.0304. The van der Waals surface area contributed by atoms with Gasteiger partial charge in [0.15, 0.2) is 0 Å². The van der Waals surface area contributed by atoms with Crippen molar-refractivity contribution in [2.45, 2.75) is 23.6 Å². The zero-order valence-electron chi connectivity index (χ0n) is 17.3. The van der Waals surface area contributed by atoms with Crippen molar-refractivity contribution >= 4 is 15.9 Å². The molecule has 1 saturated heterocycles. The van der Waals surface area contributed by atoms with E-state index in [9.17, 15) is 26.4 Å². The van der Waals surface area contributed by atoms with E-state index >= 15 is 0 Å². The van der Waals surface area contributed by atoms with E-state index in [1.165, 1.54) is 43.4 Å². The summed E-state index contributed by atoms with van der Waals surface area (Å²) in [5.41, 5.74) is -0.589. The molecule has 1 fully saturated rings. The Morgan fingerprint density at radius 2 is 1.94 bits per heavy atom. The van der Waals surface area contributed by atoms with Crippen molar-refractivity contribution in [3.63, 3.8) is 0 Å². The first-order chi connectivity index (χ1) is 15.1. The van der Waals surface area contributed by atoms with Crippen molar-refractivity contribution in [2.24, 2.45) is 5.92 Å². The van der Waals surface area contributed by atoms with Gasteiger partial charge < -0.3 is 15.4 Å². The number of alkyl halides is 3. The van der Waals surface area contributed by atoms with E-state index in [2.05, 4.69) is 15.4 Å². The normalized spacial score (nSPS) is 17.7. The maximum absolute atomic E-state index is 12.8. The van der Waals surface area contributed by atoms with Gasteiger partial charge in [0.25, 0.3) is 5.91 Å². The first-order valence-corrected chi connectivity index (χ1v) is 11.4. The number of amides is 1. The van der Waals surface area contributed by atoms with E-state index in [4.69, 9.17) is 4.74 Å². The molecule has 0 radical (unpaired) electrons. The second-order valence-electron chi connectivity index (χ2n) is 7.39. The fraction of sp³-hybridized carbons (Fsp3) is 0.381. The van der Waals surface area contributed by atoms with Gasteiger partial charge in [0, 0.05) is 31.6 Å². The van der Waals surface area contributed by atoms with Gasteiger partial charge in [-0.05, 0) is 55.4 Å². The second kappa shape index (κ2) is 9.88. The summed E-state index contributed by atoms with van der Waals surface area (Å²) in [6, 6.07) is 9.90. The van der Waals surface area contributed by atoms with Crippen LogP contribution in [0.4, 0.5) is 13.2 Å². The van der Waals surface area contributed by atoms with E-state index in [0.717, 1.165) is 25.1 Å². The van der Waals surface area contributed by atoms with Crippen LogP contribution in [0, 0.1) is 5.92 Å². The molecule has 0 aliphatic carbocycles. The Bertz CT molecular complexity index is 1040. The van der Waals surface area contributed by atoms with Crippen LogP contribution in [-0.4, -0.2) is 47.1 Å². The lowest BCUT2D eigenvalue weighted by atomic mass is 10.0. The number of halogens is 3. The van der Waals surface area contributed by atoms with Gasteiger partial charge in [0.05, 0.1) is 10.5 Å². The summed E-state index contributed by atoms with van der Waals surface area (Å²) in [7, 11) is -2.50. The minimum atomic E-state index is -4.45. The maximum Gasteiger partial charge on any atom is 0.416 e. The molecule has 0 spiro atoms. The number of carbonyl (C=O) groups excluding carboxylic acids is 1. The first-order valence-electron chi connectivity index (χ1n) is 9.96. The number of nitrogens with one attached hydrogen (secondary N) is 3. The molecule has 1 aliphatic rings. The lowest BCUT2D eigenvalue weighted by Crippen LogP contribution is -2.40. The van der Waals surface area contributed by atoms with Crippen LogP contribution in [0.3, 0.4) is 0 Å². The molecule has 32 heavy (non-hydrogen) atoms. The summed E-state index contributed by atoms with van der Waals surface area (Å²) in [4.78, 5) is 11.7. The lowest BCUT2D eigenvalue weighted by Gasteiger charge is -2.25. The smallest absolute Gasteiger partial charge is 0.416 e. The Hall–Kier alpha value is -2.63. The van der Waals surface area contributed by atoms with Crippen LogP contribution in [0.5, 0.6) is 5.75 Å². The summed E-state index contributed by atoms with van der Waals surface area (Å²) in [6.45, 7) is 1.25. The van der Waals surface area contributed by atoms with Crippen LogP contribution in [0.15, 0.2) is 53.4 Å². The van der Waals surface area contributed by atoms with Gasteiger partial charge in [0.1, 0.15) is 11.9 Å². The van der Waals surface area contributed by atoms with Crippen molar-refractivity contribution in [3.05, 3.63) is 59.7 Å². The molecule has 1 aliphatic heterocycles. The van der Waals surface area contributed by atoms with Crippen LogP contribution in [0.25, 0.3) is 0 Å². The molecule has 0 saturated carbocycles. The molecule has 1 heterocycles. The molecule has 3 rings (SSSR count). The highest BCUT2D eigenvalue weighted by Gasteiger charge is 2.31. The maximum atomic E-state index is 12.8. The zero-order valence-corrected chi connectivity index (χ0v) is 18.1. The zero-order chi connectivity index (χ0) is 23.4. The molecular formula is C21H24F3N3O4S. The number of carbonyl (C=O) groups is 1. The summed E-state index contributed by atoms with van der Waals surface area (Å²) in [5.74, 6) is -0.226. The van der Waals surface area contributed by atoms with Crippen LogP contribution < -0.4 is 20.1 Å². The van der Waals surface area contributed by atoms with E-state index in [1.807, 2.05) is 0 Å². The molecular weight excluding hydrogens is 447 g/mol. The van der Waals surface area contributed by atoms with Crippen molar-refractivity contribution in [1.29, 1.82) is 0 Å². The summed E-state index contributed by atoms with van der Waals surface area (Å²) in [5, 5.41) is 5.61. The number of hydrogen-bond acceptors (Lipinski definition) is 5. The standard InChI is InChI=1S/C21H24F3N3O4S/c1-25-20(28)14-3-2-4-18(11-14)32(29,30)27-13-19(15-9-10-26-12-15)31-17-7-5-16(6-8-17)21(22,23)24/h2-8,11,15,19,26-27H,9-10,12-13H2,1H3,(H,25,28)/t15?,19-/m1/s1. The highest BCUT2D eigenvalue weighted by Crippen LogP contribution is 2.31. The Kier molecular flexibility index (Phi) is 7.42. The third-order valence-electron chi connectivity index (χ3n) is 5.20. The molecule has 11 heteroatoms.